The molecule has 0 aliphatic heterocycles. The first kappa shape index (κ1) is 16.4. The van der Waals surface area contributed by atoms with E-state index < -0.39 is 17.9 Å². The number of halogens is 3. The molecule has 3 N–H and O–H groups in total. The predicted octanol–water partition coefficient (Wildman–Crippen LogP) is 2.79. The molecule has 1 atom stereocenters. The molecule has 0 fully saturated rings. The molecule has 0 spiro atoms. The molecule has 20 heavy (non-hydrogen) atoms. The van der Waals surface area contributed by atoms with Crippen molar-refractivity contribution < 1.29 is 18.3 Å². The van der Waals surface area contributed by atoms with Crippen LogP contribution in [-0.4, -0.2) is 23.5 Å². The molecule has 7 heteroatoms. The summed E-state index contributed by atoms with van der Waals surface area (Å²) in [7, 11) is 0. The summed E-state index contributed by atoms with van der Waals surface area (Å²) in [6.45, 7) is 1.35. The second kappa shape index (κ2) is 6.19. The van der Waals surface area contributed by atoms with Gasteiger partial charge in [0.2, 0.25) is 0 Å². The van der Waals surface area contributed by atoms with E-state index in [4.69, 9.17) is 5.73 Å². The van der Waals surface area contributed by atoms with Crippen LogP contribution in [0.2, 0.25) is 0 Å². The Kier molecular flexibility index (Phi) is 5.08. The van der Waals surface area contributed by atoms with E-state index in [1.165, 1.54) is 19.1 Å². The fourth-order valence-corrected chi connectivity index (χ4v) is 1.82. The number of aromatic amines is 1. The number of fused-ring (bicyclic) bond motifs is 1. The summed E-state index contributed by atoms with van der Waals surface area (Å²) < 4.78 is 31.9. The number of rotatable bonds is 4. The molecule has 2 rings (SSSR count). The SMILES string of the molecule is CCOC(=O)C(F)(F)[C@@H](N)c1ccc2cc[nH]c2c1.Cl. The lowest BCUT2D eigenvalue weighted by Gasteiger charge is -2.21. The fourth-order valence-electron chi connectivity index (χ4n) is 1.82. The van der Waals surface area contributed by atoms with Crippen LogP contribution in [0.15, 0.2) is 30.5 Å². The van der Waals surface area contributed by atoms with Crippen molar-refractivity contribution in [3.63, 3.8) is 0 Å². The zero-order valence-electron chi connectivity index (χ0n) is 10.7. The molecule has 0 aliphatic carbocycles. The standard InChI is InChI=1S/C13H14F2N2O2.ClH/c1-2-19-12(18)13(14,15)11(16)9-4-3-8-5-6-17-10(8)7-9;/h3-7,11,17H,2,16H2,1H3;1H/t11-;/m0./s1. The molecule has 0 aliphatic rings. The lowest BCUT2D eigenvalue weighted by molar-refractivity contribution is -0.174. The largest absolute Gasteiger partial charge is 0.462 e. The van der Waals surface area contributed by atoms with Gasteiger partial charge in [0.25, 0.3) is 0 Å². The normalized spacial score (nSPS) is 12.8. The monoisotopic (exact) mass is 304 g/mol. The maximum Gasteiger partial charge on any atom is 0.379 e. The number of nitrogens with one attached hydrogen (secondary N) is 1. The molecule has 0 unspecified atom stereocenters. The van der Waals surface area contributed by atoms with E-state index in [1.807, 2.05) is 6.07 Å². The molecule has 0 bridgehead atoms. The average molecular weight is 305 g/mol. The Bertz CT molecular complexity index is 601. The van der Waals surface area contributed by atoms with Crippen molar-refractivity contribution in [1.29, 1.82) is 0 Å². The number of H-pyrrole nitrogens is 1. The summed E-state index contributed by atoms with van der Waals surface area (Å²) >= 11 is 0. The molecule has 2 aromatic rings. The molecule has 0 saturated carbocycles. The zero-order chi connectivity index (χ0) is 14.0. The van der Waals surface area contributed by atoms with Gasteiger partial charge in [-0.1, -0.05) is 12.1 Å². The Morgan fingerprint density at radius 1 is 1.45 bits per heavy atom. The minimum atomic E-state index is -3.75. The highest BCUT2D eigenvalue weighted by atomic mass is 35.5. The van der Waals surface area contributed by atoms with Crippen molar-refractivity contribution in [3.8, 4) is 0 Å². The maximum atomic E-state index is 13.8. The first-order valence-corrected chi connectivity index (χ1v) is 5.84. The third-order valence-electron chi connectivity index (χ3n) is 2.88. The second-order valence-electron chi connectivity index (χ2n) is 4.15. The van der Waals surface area contributed by atoms with Crippen LogP contribution in [0.5, 0.6) is 0 Å². The fraction of sp³-hybridized carbons (Fsp3) is 0.308. The summed E-state index contributed by atoms with van der Waals surface area (Å²) in [4.78, 5) is 14.1. The molecule has 1 heterocycles. The minimum Gasteiger partial charge on any atom is -0.462 e. The van der Waals surface area contributed by atoms with Crippen LogP contribution in [-0.2, 0) is 9.53 Å². The molecule has 0 amide bonds. The Morgan fingerprint density at radius 3 is 2.80 bits per heavy atom. The Labute approximate surface area is 120 Å². The number of alkyl halides is 2. The van der Waals surface area contributed by atoms with Crippen molar-refractivity contribution in [2.45, 2.75) is 18.9 Å². The van der Waals surface area contributed by atoms with Gasteiger partial charge in [0.05, 0.1) is 6.61 Å². The summed E-state index contributed by atoms with van der Waals surface area (Å²) in [5, 5.41) is 0.885. The van der Waals surface area contributed by atoms with Crippen LogP contribution in [0.3, 0.4) is 0 Å². The Balaban J connectivity index is 0.00000200. The molecular weight excluding hydrogens is 290 g/mol. The van der Waals surface area contributed by atoms with E-state index in [0.717, 1.165) is 5.39 Å². The van der Waals surface area contributed by atoms with Crippen LogP contribution in [0.4, 0.5) is 8.78 Å². The van der Waals surface area contributed by atoms with Crippen molar-refractivity contribution in [2.24, 2.45) is 5.73 Å². The molecule has 1 aromatic carbocycles. The van der Waals surface area contributed by atoms with Crippen molar-refractivity contribution >= 4 is 29.3 Å². The van der Waals surface area contributed by atoms with Gasteiger partial charge < -0.3 is 15.5 Å². The number of ether oxygens (including phenoxy) is 1. The number of carbonyl (C=O) groups excluding carboxylic acids is 1. The average Bonchev–Trinajstić information content (AvgIpc) is 2.85. The van der Waals surface area contributed by atoms with Gasteiger partial charge in [0.1, 0.15) is 6.04 Å². The minimum absolute atomic E-state index is 0. The smallest absolute Gasteiger partial charge is 0.379 e. The molecule has 4 nitrogen and oxygen atoms in total. The zero-order valence-corrected chi connectivity index (χ0v) is 11.5. The number of hydrogen-bond acceptors (Lipinski definition) is 3. The van der Waals surface area contributed by atoms with Crippen LogP contribution < -0.4 is 5.73 Å². The van der Waals surface area contributed by atoms with E-state index in [-0.39, 0.29) is 24.6 Å². The molecule has 110 valence electrons. The summed E-state index contributed by atoms with van der Waals surface area (Å²) in [6, 6.07) is 4.73. The maximum absolute atomic E-state index is 13.8. The van der Waals surface area contributed by atoms with Gasteiger partial charge >= 0.3 is 11.9 Å². The van der Waals surface area contributed by atoms with Crippen molar-refractivity contribution in [3.05, 3.63) is 36.0 Å². The van der Waals surface area contributed by atoms with Gasteiger partial charge in [-0.2, -0.15) is 8.78 Å². The van der Waals surface area contributed by atoms with E-state index in [0.29, 0.717) is 5.52 Å². The van der Waals surface area contributed by atoms with Gasteiger partial charge in [0.15, 0.2) is 0 Å². The first-order valence-electron chi connectivity index (χ1n) is 5.84. The number of carbonyl (C=O) groups is 1. The quantitative estimate of drug-likeness (QED) is 0.853. The van der Waals surface area contributed by atoms with E-state index >= 15 is 0 Å². The number of hydrogen-bond donors (Lipinski definition) is 2. The number of esters is 1. The lowest BCUT2D eigenvalue weighted by atomic mass is 10.0. The molecule has 1 aromatic heterocycles. The van der Waals surface area contributed by atoms with Crippen LogP contribution in [0.25, 0.3) is 10.9 Å². The second-order valence-corrected chi connectivity index (χ2v) is 4.15. The third-order valence-corrected chi connectivity index (χ3v) is 2.88. The van der Waals surface area contributed by atoms with Crippen LogP contribution >= 0.6 is 12.4 Å². The number of nitrogens with two attached hydrogens (primary N) is 1. The van der Waals surface area contributed by atoms with Gasteiger partial charge in [-0.3, -0.25) is 0 Å². The number of aromatic nitrogens is 1. The Morgan fingerprint density at radius 2 is 2.15 bits per heavy atom. The Hall–Kier alpha value is -1.66. The van der Waals surface area contributed by atoms with Crippen LogP contribution in [0.1, 0.15) is 18.5 Å². The van der Waals surface area contributed by atoms with Gasteiger partial charge in [-0.15, -0.1) is 12.4 Å². The number of benzene rings is 1. The summed E-state index contributed by atoms with van der Waals surface area (Å²) in [6.07, 6.45) is 1.70. The van der Waals surface area contributed by atoms with E-state index in [2.05, 4.69) is 9.72 Å². The molecule has 0 saturated heterocycles. The van der Waals surface area contributed by atoms with Gasteiger partial charge in [-0.25, -0.2) is 4.79 Å². The highest BCUT2D eigenvalue weighted by Crippen LogP contribution is 2.31. The predicted molar refractivity (Wildman–Crippen MR) is 74.1 cm³/mol. The molecule has 0 radical (unpaired) electrons. The van der Waals surface area contributed by atoms with Gasteiger partial charge in [0, 0.05) is 11.7 Å². The van der Waals surface area contributed by atoms with Gasteiger partial charge in [-0.05, 0) is 30.0 Å². The highest BCUT2D eigenvalue weighted by Gasteiger charge is 2.47. The summed E-state index contributed by atoms with van der Waals surface area (Å²) in [5.74, 6) is -5.36. The lowest BCUT2D eigenvalue weighted by Crippen LogP contribution is -2.41. The van der Waals surface area contributed by atoms with E-state index in [9.17, 15) is 13.6 Å². The highest BCUT2D eigenvalue weighted by molar-refractivity contribution is 5.85. The van der Waals surface area contributed by atoms with Crippen LogP contribution in [0, 0.1) is 0 Å². The first-order chi connectivity index (χ1) is 8.96. The van der Waals surface area contributed by atoms with Crippen molar-refractivity contribution in [2.75, 3.05) is 6.61 Å². The molecular formula is C13H15ClF2N2O2. The van der Waals surface area contributed by atoms with Crippen molar-refractivity contribution in [1.82, 2.24) is 4.98 Å². The van der Waals surface area contributed by atoms with E-state index in [1.54, 1.807) is 12.3 Å². The summed E-state index contributed by atoms with van der Waals surface area (Å²) in [5.41, 5.74) is 6.36. The third kappa shape index (κ3) is 2.91. The topological polar surface area (TPSA) is 68.1 Å².